The van der Waals surface area contributed by atoms with Crippen LogP contribution in [0.4, 0.5) is 0 Å². The Morgan fingerprint density at radius 2 is 2.19 bits per heavy atom. The number of hydrogen-bond acceptors (Lipinski definition) is 5. The Balaban J connectivity index is 2.31. The van der Waals surface area contributed by atoms with Crippen LogP contribution in [0.1, 0.15) is 40.0 Å². The van der Waals surface area contributed by atoms with E-state index in [2.05, 4.69) is 0 Å². The molecule has 0 saturated carbocycles. The largest absolute Gasteiger partial charge is 0.450 e. The number of hydrogen-bond donors (Lipinski definition) is 2. The first kappa shape index (κ1) is 16.7. The molecule has 0 radical (unpaired) electrons. The molecule has 0 aromatic rings. The van der Waals surface area contributed by atoms with E-state index < -0.39 is 29.4 Å². The van der Waals surface area contributed by atoms with Crippen molar-refractivity contribution in [2.45, 2.75) is 62.9 Å². The van der Waals surface area contributed by atoms with Gasteiger partial charge in [-0.25, -0.2) is 0 Å². The van der Waals surface area contributed by atoms with Crippen LogP contribution < -0.4 is 0 Å². The second kappa shape index (κ2) is 5.54. The third-order valence-electron chi connectivity index (χ3n) is 4.71. The maximum atomic E-state index is 11.7. The maximum Gasteiger partial charge on any atom is 0.306 e. The molecule has 120 valence electrons. The summed E-state index contributed by atoms with van der Waals surface area (Å²) in [5.41, 5.74) is -2.80. The van der Waals surface area contributed by atoms with Gasteiger partial charge in [-0.3, -0.25) is 4.79 Å². The molecule has 0 unspecified atom stereocenters. The summed E-state index contributed by atoms with van der Waals surface area (Å²) < 4.78 is 11.2. The van der Waals surface area contributed by atoms with E-state index in [4.69, 9.17) is 21.1 Å². The first-order valence-electron chi connectivity index (χ1n) is 7.17. The summed E-state index contributed by atoms with van der Waals surface area (Å²) in [6.45, 7) is 5.20. The first-order chi connectivity index (χ1) is 9.74. The van der Waals surface area contributed by atoms with E-state index in [1.807, 2.05) is 19.9 Å². The van der Waals surface area contributed by atoms with Gasteiger partial charge in [-0.2, -0.15) is 0 Å². The molecule has 2 saturated heterocycles. The Morgan fingerprint density at radius 3 is 2.71 bits per heavy atom. The van der Waals surface area contributed by atoms with Crippen molar-refractivity contribution >= 4 is 17.6 Å². The Morgan fingerprint density at radius 1 is 1.52 bits per heavy atom. The van der Waals surface area contributed by atoms with Gasteiger partial charge in [-0.1, -0.05) is 11.6 Å². The van der Waals surface area contributed by atoms with E-state index in [0.717, 1.165) is 5.57 Å². The van der Waals surface area contributed by atoms with Crippen LogP contribution in [0.25, 0.3) is 0 Å². The standard InChI is InChI=1S/C15H23ClO5/c1-10(2)4-5-11-13(3,20-11)15(9-17)14(19,8-16)7-6-12(18)21-15/h4,11,17,19H,5-9H2,1-3H3/t11-,13+,14+,15+/m1/s1. The minimum Gasteiger partial charge on any atom is -0.450 e. The smallest absolute Gasteiger partial charge is 0.306 e. The minimum absolute atomic E-state index is 0.0830. The van der Waals surface area contributed by atoms with Crippen molar-refractivity contribution in [1.29, 1.82) is 0 Å². The molecule has 2 N–H and O–H groups in total. The van der Waals surface area contributed by atoms with Gasteiger partial charge < -0.3 is 19.7 Å². The number of cyclic esters (lactones) is 1. The molecule has 2 aliphatic heterocycles. The highest BCUT2D eigenvalue weighted by Gasteiger charge is 2.75. The zero-order valence-corrected chi connectivity index (χ0v) is 13.4. The highest BCUT2D eigenvalue weighted by atomic mass is 35.5. The molecule has 5 nitrogen and oxygen atoms in total. The number of epoxide rings is 1. The van der Waals surface area contributed by atoms with Crippen LogP contribution in [-0.4, -0.2) is 51.6 Å². The van der Waals surface area contributed by atoms with Gasteiger partial charge in [0.2, 0.25) is 0 Å². The Labute approximate surface area is 129 Å². The summed E-state index contributed by atoms with van der Waals surface area (Å²) in [5, 5.41) is 20.7. The highest BCUT2D eigenvalue weighted by Crippen LogP contribution is 2.55. The number of aliphatic hydroxyl groups excluding tert-OH is 1. The number of carbonyl (C=O) groups excluding carboxylic acids is 1. The summed E-state index contributed by atoms with van der Waals surface area (Å²) in [6, 6.07) is 0. The summed E-state index contributed by atoms with van der Waals surface area (Å²) in [4.78, 5) is 11.7. The third kappa shape index (κ3) is 2.50. The SMILES string of the molecule is CC(C)=CC[C@H]1O[C@]1(C)[C@]1(CO)OC(=O)CC[C@]1(O)CCl. The lowest BCUT2D eigenvalue weighted by molar-refractivity contribution is -0.240. The summed E-state index contributed by atoms with van der Waals surface area (Å²) in [6.07, 6.45) is 2.67. The molecule has 0 bridgehead atoms. The fourth-order valence-corrected chi connectivity index (χ4v) is 3.51. The molecule has 2 aliphatic rings. The van der Waals surface area contributed by atoms with Crippen LogP contribution in [0.3, 0.4) is 0 Å². The molecule has 0 aromatic carbocycles. The molecule has 0 aliphatic carbocycles. The van der Waals surface area contributed by atoms with Crippen LogP contribution in [0, 0.1) is 0 Å². The molecule has 0 amide bonds. The normalized spacial score (nSPS) is 42.4. The highest BCUT2D eigenvalue weighted by molar-refractivity contribution is 6.18. The van der Waals surface area contributed by atoms with Crippen molar-refractivity contribution < 1.29 is 24.5 Å². The molecule has 2 rings (SSSR count). The van der Waals surface area contributed by atoms with Gasteiger partial charge in [0.15, 0.2) is 5.60 Å². The topological polar surface area (TPSA) is 79.3 Å². The number of alkyl halides is 1. The number of rotatable bonds is 5. The van der Waals surface area contributed by atoms with Crippen molar-refractivity contribution in [2.24, 2.45) is 0 Å². The lowest BCUT2D eigenvalue weighted by Crippen LogP contribution is -2.70. The van der Waals surface area contributed by atoms with Crippen LogP contribution in [0.5, 0.6) is 0 Å². The average molecular weight is 319 g/mol. The predicted octanol–water partition coefficient (Wildman–Crippen LogP) is 1.54. The Kier molecular flexibility index (Phi) is 4.42. The number of esters is 1. The van der Waals surface area contributed by atoms with Gasteiger partial charge in [0, 0.05) is 6.42 Å². The van der Waals surface area contributed by atoms with Crippen molar-refractivity contribution in [3.05, 3.63) is 11.6 Å². The van der Waals surface area contributed by atoms with Crippen LogP contribution in [-0.2, 0) is 14.3 Å². The van der Waals surface area contributed by atoms with E-state index in [0.29, 0.717) is 6.42 Å². The van der Waals surface area contributed by atoms with Crippen LogP contribution in [0.2, 0.25) is 0 Å². The Hall–Kier alpha value is -0.620. The van der Waals surface area contributed by atoms with E-state index >= 15 is 0 Å². The van der Waals surface area contributed by atoms with E-state index in [1.165, 1.54) is 0 Å². The van der Waals surface area contributed by atoms with E-state index in [-0.39, 0.29) is 24.8 Å². The number of ether oxygens (including phenoxy) is 2. The second-order valence-electron chi connectivity index (χ2n) is 6.36. The lowest BCUT2D eigenvalue weighted by Gasteiger charge is -2.49. The van der Waals surface area contributed by atoms with Gasteiger partial charge in [0.05, 0.1) is 18.6 Å². The average Bonchev–Trinajstić information content (AvgIpc) is 3.11. The monoisotopic (exact) mass is 318 g/mol. The molecule has 2 heterocycles. The van der Waals surface area contributed by atoms with Crippen molar-refractivity contribution in [1.82, 2.24) is 0 Å². The molecule has 0 spiro atoms. The predicted molar refractivity (Wildman–Crippen MR) is 78.1 cm³/mol. The van der Waals surface area contributed by atoms with Crippen molar-refractivity contribution in [2.75, 3.05) is 12.5 Å². The maximum absolute atomic E-state index is 11.7. The second-order valence-corrected chi connectivity index (χ2v) is 6.62. The molecule has 6 heteroatoms. The molecular formula is C15H23ClO5. The van der Waals surface area contributed by atoms with Gasteiger partial charge in [0.1, 0.15) is 11.2 Å². The van der Waals surface area contributed by atoms with Crippen molar-refractivity contribution in [3.63, 3.8) is 0 Å². The third-order valence-corrected chi connectivity index (χ3v) is 5.15. The zero-order valence-electron chi connectivity index (χ0n) is 12.7. The summed E-state index contributed by atoms with van der Waals surface area (Å²) in [7, 11) is 0. The fourth-order valence-electron chi connectivity index (χ4n) is 3.16. The zero-order chi connectivity index (χ0) is 15.9. The van der Waals surface area contributed by atoms with Crippen LogP contribution >= 0.6 is 11.6 Å². The van der Waals surface area contributed by atoms with E-state index in [9.17, 15) is 15.0 Å². The molecule has 4 atom stereocenters. The lowest BCUT2D eigenvalue weighted by atomic mass is 9.69. The first-order valence-corrected chi connectivity index (χ1v) is 7.70. The van der Waals surface area contributed by atoms with Gasteiger partial charge in [0.25, 0.3) is 0 Å². The summed E-state index contributed by atoms with van der Waals surface area (Å²) >= 11 is 5.92. The van der Waals surface area contributed by atoms with E-state index in [1.54, 1.807) is 6.92 Å². The molecule has 21 heavy (non-hydrogen) atoms. The number of aliphatic hydroxyl groups is 2. The van der Waals surface area contributed by atoms with Gasteiger partial charge in [-0.05, 0) is 33.6 Å². The molecular weight excluding hydrogens is 296 g/mol. The molecule has 0 aromatic heterocycles. The number of halogens is 1. The quantitative estimate of drug-likeness (QED) is 0.348. The number of carbonyl (C=O) groups is 1. The summed E-state index contributed by atoms with van der Waals surface area (Å²) in [5.74, 6) is -0.577. The van der Waals surface area contributed by atoms with Gasteiger partial charge >= 0.3 is 5.97 Å². The van der Waals surface area contributed by atoms with Crippen molar-refractivity contribution in [3.8, 4) is 0 Å². The fraction of sp³-hybridized carbons (Fsp3) is 0.800. The van der Waals surface area contributed by atoms with Gasteiger partial charge in [-0.15, -0.1) is 11.6 Å². The minimum atomic E-state index is -1.52. The number of allylic oxidation sites excluding steroid dienone is 1. The van der Waals surface area contributed by atoms with Crippen LogP contribution in [0.15, 0.2) is 11.6 Å². The Bertz CT molecular complexity index is 461. The molecule has 2 fully saturated rings.